The number of hydrogen-bond donors (Lipinski definition) is 0. The number of nitro groups is 1. The maximum absolute atomic E-state index is 11.1. The molecule has 30 heavy (non-hydrogen) atoms. The fourth-order valence-electron chi connectivity index (χ4n) is 4.50. The molecule has 1 saturated heterocycles. The fourth-order valence-corrected chi connectivity index (χ4v) is 6.35. The van der Waals surface area contributed by atoms with Crippen LogP contribution in [0.4, 0.5) is 11.4 Å². The van der Waals surface area contributed by atoms with Crippen LogP contribution in [0.5, 0.6) is 0 Å². The van der Waals surface area contributed by atoms with Gasteiger partial charge in [0.05, 0.1) is 10.6 Å². The Balaban J connectivity index is 1.89. The van der Waals surface area contributed by atoms with Crippen molar-refractivity contribution < 1.29 is 4.92 Å². The minimum Gasteiger partial charge on any atom is -0.315 e. The van der Waals surface area contributed by atoms with Crippen LogP contribution < -0.4 is 5.01 Å². The highest BCUT2D eigenvalue weighted by atomic mass is 35.5. The van der Waals surface area contributed by atoms with Crippen LogP contribution in [-0.4, -0.2) is 31.9 Å². The van der Waals surface area contributed by atoms with Crippen molar-refractivity contribution in [3.63, 3.8) is 0 Å². The van der Waals surface area contributed by atoms with E-state index < -0.39 is 4.99 Å². The maximum Gasteiger partial charge on any atom is 0.269 e. The largest absolute Gasteiger partial charge is 0.315 e. The topological polar surface area (TPSA) is 62.0 Å². The Labute approximate surface area is 186 Å². The molecule has 158 valence electrons. The van der Waals surface area contributed by atoms with E-state index in [-0.39, 0.29) is 21.6 Å². The number of fused-ring (bicyclic) bond motifs is 1. The van der Waals surface area contributed by atoms with Crippen LogP contribution in [-0.2, 0) is 0 Å². The van der Waals surface area contributed by atoms with Crippen LogP contribution in [0.2, 0.25) is 5.02 Å². The summed E-state index contributed by atoms with van der Waals surface area (Å²) in [4.78, 5) is 12.7. The molecule has 2 aromatic carbocycles. The van der Waals surface area contributed by atoms with E-state index in [1.807, 2.05) is 41.0 Å². The van der Waals surface area contributed by atoms with Gasteiger partial charge < -0.3 is 4.90 Å². The number of amidine groups is 1. The first-order valence-corrected chi connectivity index (χ1v) is 11.3. The Morgan fingerprint density at radius 3 is 2.20 bits per heavy atom. The summed E-state index contributed by atoms with van der Waals surface area (Å²) in [5.74, 6) is 1.79. The van der Waals surface area contributed by atoms with Crippen LogP contribution in [0.15, 0.2) is 53.6 Å². The molecule has 1 fully saturated rings. The maximum atomic E-state index is 11.1. The molecule has 2 aliphatic rings. The van der Waals surface area contributed by atoms with Gasteiger partial charge in [0.25, 0.3) is 5.69 Å². The summed E-state index contributed by atoms with van der Waals surface area (Å²) in [6, 6.07) is 14.4. The van der Waals surface area contributed by atoms with Crippen LogP contribution in [0.25, 0.3) is 0 Å². The number of non-ortho nitro benzene ring substituents is 1. The zero-order chi connectivity index (χ0) is 21.9. The number of hydrogen-bond acceptors (Lipinski definition) is 6. The fraction of sp³-hybridized carbons (Fsp3) is 0.409. The Morgan fingerprint density at radius 1 is 1.07 bits per heavy atom. The van der Waals surface area contributed by atoms with Crippen LogP contribution >= 0.6 is 23.4 Å². The molecule has 0 amide bonds. The van der Waals surface area contributed by atoms with E-state index in [9.17, 15) is 10.1 Å². The third kappa shape index (κ3) is 2.61. The van der Waals surface area contributed by atoms with E-state index >= 15 is 0 Å². The highest BCUT2D eigenvalue weighted by molar-refractivity contribution is 8.00. The number of anilines is 1. The molecule has 0 aliphatic carbocycles. The lowest BCUT2D eigenvalue weighted by Gasteiger charge is -2.72. The zero-order valence-corrected chi connectivity index (χ0v) is 19.3. The first-order valence-electron chi connectivity index (χ1n) is 9.91. The standard InChI is InChI=1S/C22H25ClN4O2S/c1-6-30-22-20(2,3)21(4,5)25(22)19(15-7-9-16(23)10-8-15)24-26(22)17-11-13-18(14-12-17)27(28)29/h7-14H,6H2,1-5H3. The smallest absolute Gasteiger partial charge is 0.269 e. The molecule has 0 bridgehead atoms. The molecule has 0 radical (unpaired) electrons. The Hall–Kier alpha value is -2.25. The number of nitro benzene ring substituents is 1. The third-order valence-corrected chi connectivity index (χ3v) is 8.46. The Morgan fingerprint density at radius 2 is 1.67 bits per heavy atom. The lowest BCUT2D eigenvalue weighted by molar-refractivity contribution is -0.384. The molecule has 0 spiro atoms. The second-order valence-electron chi connectivity index (χ2n) is 8.58. The zero-order valence-electron chi connectivity index (χ0n) is 17.7. The SMILES string of the molecule is CCSC12N(c3ccc([N+](=O)[O-])cc3)N=C(c3ccc(Cl)cc3)N1C(C)(C)C2(C)C. The van der Waals surface area contributed by atoms with Gasteiger partial charge in [0.2, 0.25) is 0 Å². The van der Waals surface area contributed by atoms with Crippen molar-refractivity contribution in [3.05, 3.63) is 69.2 Å². The van der Waals surface area contributed by atoms with E-state index in [0.717, 1.165) is 22.8 Å². The summed E-state index contributed by atoms with van der Waals surface area (Å²) in [6.45, 7) is 11.2. The minimum absolute atomic E-state index is 0.0714. The molecule has 1 unspecified atom stereocenters. The Bertz CT molecular complexity index is 1020. The molecule has 2 heterocycles. The summed E-state index contributed by atoms with van der Waals surface area (Å²) in [5, 5.41) is 18.9. The summed E-state index contributed by atoms with van der Waals surface area (Å²) in [6.07, 6.45) is 0. The number of benzene rings is 2. The van der Waals surface area contributed by atoms with E-state index in [2.05, 4.69) is 39.5 Å². The molecule has 2 aliphatic heterocycles. The van der Waals surface area contributed by atoms with Gasteiger partial charge in [-0.15, -0.1) is 11.8 Å². The summed E-state index contributed by atoms with van der Waals surface area (Å²) < 4.78 is 0. The quantitative estimate of drug-likeness (QED) is 0.420. The Kier molecular flexibility index (Phi) is 4.82. The van der Waals surface area contributed by atoms with Gasteiger partial charge in [0.1, 0.15) is 0 Å². The molecule has 6 nitrogen and oxygen atoms in total. The average molecular weight is 445 g/mol. The van der Waals surface area contributed by atoms with Crippen molar-refractivity contribution in [2.24, 2.45) is 10.5 Å². The van der Waals surface area contributed by atoms with Gasteiger partial charge in [0.15, 0.2) is 10.8 Å². The van der Waals surface area contributed by atoms with Crippen molar-refractivity contribution in [3.8, 4) is 0 Å². The summed E-state index contributed by atoms with van der Waals surface area (Å²) in [7, 11) is 0. The second-order valence-corrected chi connectivity index (χ2v) is 10.4. The van der Waals surface area contributed by atoms with E-state index in [1.165, 1.54) is 12.1 Å². The lowest BCUT2D eigenvalue weighted by Crippen LogP contribution is -2.84. The first-order chi connectivity index (χ1) is 14.1. The number of thioether (sulfide) groups is 1. The molecular formula is C22H25ClN4O2S. The highest BCUT2D eigenvalue weighted by Crippen LogP contribution is 2.68. The number of hydrazone groups is 1. The van der Waals surface area contributed by atoms with Crippen molar-refractivity contribution in [1.82, 2.24) is 4.90 Å². The molecule has 1 atom stereocenters. The van der Waals surface area contributed by atoms with Gasteiger partial charge in [-0.1, -0.05) is 32.4 Å². The molecule has 0 aromatic heterocycles. The van der Waals surface area contributed by atoms with E-state index in [4.69, 9.17) is 16.7 Å². The average Bonchev–Trinajstić information content (AvgIpc) is 3.04. The van der Waals surface area contributed by atoms with Crippen LogP contribution in [0.1, 0.15) is 40.2 Å². The van der Waals surface area contributed by atoms with Gasteiger partial charge in [-0.05, 0) is 56.0 Å². The van der Waals surface area contributed by atoms with Crippen molar-refractivity contribution in [1.29, 1.82) is 0 Å². The predicted octanol–water partition coefficient (Wildman–Crippen LogP) is 5.96. The van der Waals surface area contributed by atoms with Crippen molar-refractivity contribution in [2.45, 2.75) is 45.2 Å². The minimum atomic E-state index is -0.434. The van der Waals surface area contributed by atoms with E-state index in [0.29, 0.717) is 5.02 Å². The number of nitrogens with zero attached hydrogens (tertiary/aromatic N) is 4. The van der Waals surface area contributed by atoms with Crippen molar-refractivity contribution in [2.75, 3.05) is 10.8 Å². The molecule has 0 saturated carbocycles. The number of halogens is 1. The summed E-state index contributed by atoms with van der Waals surface area (Å²) >= 11 is 7.96. The van der Waals surface area contributed by atoms with Gasteiger partial charge in [-0.2, -0.15) is 5.10 Å². The predicted molar refractivity (Wildman–Crippen MR) is 124 cm³/mol. The summed E-state index contributed by atoms with van der Waals surface area (Å²) in [5.41, 5.74) is 1.62. The molecule has 8 heteroatoms. The molecule has 0 N–H and O–H groups in total. The molecule has 2 aromatic rings. The normalized spacial score (nSPS) is 23.6. The van der Waals surface area contributed by atoms with Crippen LogP contribution in [0.3, 0.4) is 0 Å². The molecule has 4 rings (SSSR count). The van der Waals surface area contributed by atoms with Gasteiger partial charge in [-0.3, -0.25) is 10.1 Å². The van der Waals surface area contributed by atoms with Gasteiger partial charge in [0, 0.05) is 33.7 Å². The van der Waals surface area contributed by atoms with E-state index in [1.54, 1.807) is 12.1 Å². The number of rotatable bonds is 5. The molecular weight excluding hydrogens is 420 g/mol. The van der Waals surface area contributed by atoms with Gasteiger partial charge >= 0.3 is 0 Å². The third-order valence-electron chi connectivity index (χ3n) is 6.65. The monoisotopic (exact) mass is 444 g/mol. The van der Waals surface area contributed by atoms with Crippen LogP contribution in [0, 0.1) is 15.5 Å². The highest BCUT2D eigenvalue weighted by Gasteiger charge is 2.77. The first kappa shape index (κ1) is 21.0. The second kappa shape index (κ2) is 6.89. The van der Waals surface area contributed by atoms with Crippen molar-refractivity contribution >= 4 is 40.6 Å². The lowest BCUT2D eigenvalue weighted by atomic mass is 9.61. The van der Waals surface area contributed by atoms with Gasteiger partial charge in [-0.25, -0.2) is 5.01 Å².